The van der Waals surface area contributed by atoms with Gasteiger partial charge in [0.25, 0.3) is 17.4 Å². The summed E-state index contributed by atoms with van der Waals surface area (Å²) in [7, 11) is 0. The molecule has 3 N–H and O–H groups in total. The molecule has 0 saturated heterocycles. The molecular formula is C26H23ClN4O3. The fraction of sp³-hybridized carbons (Fsp3) is 0.192. The quantitative estimate of drug-likeness (QED) is 0.407. The molecule has 0 bridgehead atoms. The summed E-state index contributed by atoms with van der Waals surface area (Å²) in [6.07, 6.45) is 5.88. The van der Waals surface area contributed by atoms with Crippen molar-refractivity contribution in [3.8, 4) is 5.69 Å². The van der Waals surface area contributed by atoms with Crippen molar-refractivity contribution in [2.45, 2.75) is 31.3 Å². The number of hydrogen-bond acceptors (Lipinski definition) is 3. The summed E-state index contributed by atoms with van der Waals surface area (Å²) in [6, 6.07) is 16.9. The van der Waals surface area contributed by atoms with Crippen LogP contribution in [0.15, 0.2) is 77.9 Å². The molecule has 1 fully saturated rings. The number of pyridine rings is 1. The molecule has 0 spiro atoms. The molecule has 8 heteroatoms. The highest BCUT2D eigenvalue weighted by Gasteiger charge is 2.30. The van der Waals surface area contributed by atoms with Gasteiger partial charge in [-0.25, -0.2) is 0 Å². The molecule has 2 amide bonds. The van der Waals surface area contributed by atoms with Crippen molar-refractivity contribution in [1.82, 2.24) is 20.2 Å². The van der Waals surface area contributed by atoms with Crippen LogP contribution in [-0.2, 0) is 0 Å². The molecule has 2 aromatic carbocycles. The molecule has 0 aliphatic heterocycles. The van der Waals surface area contributed by atoms with E-state index in [1.807, 2.05) is 6.07 Å². The Kier molecular flexibility index (Phi) is 5.94. The fourth-order valence-corrected chi connectivity index (χ4v) is 4.67. The van der Waals surface area contributed by atoms with E-state index in [0.29, 0.717) is 21.8 Å². The second kappa shape index (κ2) is 9.19. The predicted octanol–water partition coefficient (Wildman–Crippen LogP) is 4.05. The standard InChI is InChI=1S/C26H23ClN4O3/c27-20-15-28-23-14-17(9-12-19(20)23)26(34)30-22-5-3-4-21(22)29-25(33)16-7-10-18(11-8-16)31-13-2-1-6-24(31)32/h1-2,6-15,21-22,28H,3-5H2,(H,29,33)(H,30,34)/t21?,22-/m1/s1. The zero-order valence-corrected chi connectivity index (χ0v) is 19.0. The van der Waals surface area contributed by atoms with E-state index in [9.17, 15) is 14.4 Å². The third-order valence-electron chi connectivity index (χ3n) is 6.27. The van der Waals surface area contributed by atoms with E-state index >= 15 is 0 Å². The van der Waals surface area contributed by atoms with Crippen LogP contribution < -0.4 is 16.2 Å². The SMILES string of the molecule is O=C(NC1CCC[C@H]1NC(=O)c1ccc2c(Cl)c[nH]c2c1)c1ccc(-n2ccccc2=O)cc1. The minimum atomic E-state index is -0.208. The molecule has 2 aromatic heterocycles. The molecule has 34 heavy (non-hydrogen) atoms. The lowest BCUT2D eigenvalue weighted by atomic mass is 10.1. The van der Waals surface area contributed by atoms with Crippen LogP contribution >= 0.6 is 11.6 Å². The van der Waals surface area contributed by atoms with Crippen molar-refractivity contribution in [2.24, 2.45) is 0 Å². The first kappa shape index (κ1) is 22.0. The minimum Gasteiger partial charge on any atom is -0.360 e. The van der Waals surface area contributed by atoms with Crippen LogP contribution in [0.4, 0.5) is 0 Å². The Labute approximate surface area is 200 Å². The number of rotatable bonds is 5. The highest BCUT2D eigenvalue weighted by Crippen LogP contribution is 2.24. The number of H-pyrrole nitrogens is 1. The van der Waals surface area contributed by atoms with Crippen LogP contribution in [-0.4, -0.2) is 33.4 Å². The summed E-state index contributed by atoms with van der Waals surface area (Å²) in [5.41, 5.74) is 2.39. The number of benzene rings is 2. The summed E-state index contributed by atoms with van der Waals surface area (Å²) in [5, 5.41) is 7.61. The van der Waals surface area contributed by atoms with E-state index in [4.69, 9.17) is 11.6 Å². The van der Waals surface area contributed by atoms with Gasteiger partial charge in [-0.1, -0.05) is 23.7 Å². The second-order valence-corrected chi connectivity index (χ2v) is 8.85. The van der Waals surface area contributed by atoms with Crippen molar-refractivity contribution in [3.63, 3.8) is 0 Å². The molecule has 1 unspecified atom stereocenters. The monoisotopic (exact) mass is 474 g/mol. The smallest absolute Gasteiger partial charge is 0.255 e. The highest BCUT2D eigenvalue weighted by atomic mass is 35.5. The van der Waals surface area contributed by atoms with Crippen molar-refractivity contribution in [2.75, 3.05) is 0 Å². The summed E-state index contributed by atoms with van der Waals surface area (Å²) < 4.78 is 1.52. The van der Waals surface area contributed by atoms with E-state index in [2.05, 4.69) is 15.6 Å². The maximum absolute atomic E-state index is 12.9. The number of carbonyl (C=O) groups excluding carboxylic acids is 2. The lowest BCUT2D eigenvalue weighted by Gasteiger charge is -2.22. The maximum atomic E-state index is 12.9. The van der Waals surface area contributed by atoms with Gasteiger partial charge in [-0.05, 0) is 61.7 Å². The number of carbonyl (C=O) groups is 2. The van der Waals surface area contributed by atoms with Crippen molar-refractivity contribution in [3.05, 3.63) is 99.6 Å². The van der Waals surface area contributed by atoms with Crippen LogP contribution in [0.1, 0.15) is 40.0 Å². The van der Waals surface area contributed by atoms with Crippen LogP contribution in [0.5, 0.6) is 0 Å². The zero-order chi connectivity index (χ0) is 23.7. The molecule has 1 aliphatic carbocycles. The molecule has 0 radical (unpaired) electrons. The Bertz CT molecular complexity index is 1420. The number of nitrogens with one attached hydrogen (secondary N) is 3. The summed E-state index contributed by atoms with van der Waals surface area (Å²) >= 11 is 6.12. The van der Waals surface area contributed by atoms with Gasteiger partial charge >= 0.3 is 0 Å². The Hall–Kier alpha value is -3.84. The van der Waals surface area contributed by atoms with Gasteiger partial charge in [-0.3, -0.25) is 19.0 Å². The summed E-state index contributed by atoms with van der Waals surface area (Å²) in [6.45, 7) is 0. The van der Waals surface area contributed by atoms with Crippen molar-refractivity contribution < 1.29 is 9.59 Å². The molecule has 5 rings (SSSR count). The van der Waals surface area contributed by atoms with E-state index in [-0.39, 0.29) is 29.5 Å². The van der Waals surface area contributed by atoms with Gasteiger partial charge in [0.1, 0.15) is 0 Å². The van der Waals surface area contributed by atoms with Crippen molar-refractivity contribution >= 4 is 34.3 Å². The third kappa shape index (κ3) is 4.34. The Balaban J connectivity index is 1.24. The molecule has 1 saturated carbocycles. The fourth-order valence-electron chi connectivity index (χ4n) is 4.46. The van der Waals surface area contributed by atoms with Crippen LogP contribution in [0.2, 0.25) is 5.02 Å². The number of nitrogens with zero attached hydrogens (tertiary/aromatic N) is 1. The van der Waals surface area contributed by atoms with Crippen molar-refractivity contribution in [1.29, 1.82) is 0 Å². The summed E-state index contributed by atoms with van der Waals surface area (Å²) in [4.78, 5) is 40.8. The Morgan fingerprint density at radius 3 is 2.29 bits per heavy atom. The predicted molar refractivity (Wildman–Crippen MR) is 132 cm³/mol. The first-order valence-electron chi connectivity index (χ1n) is 11.2. The second-order valence-electron chi connectivity index (χ2n) is 8.44. The molecule has 1 aliphatic rings. The number of amides is 2. The Morgan fingerprint density at radius 2 is 1.59 bits per heavy atom. The Morgan fingerprint density at radius 1 is 0.912 bits per heavy atom. The topological polar surface area (TPSA) is 96.0 Å². The number of hydrogen-bond donors (Lipinski definition) is 3. The lowest BCUT2D eigenvalue weighted by molar-refractivity contribution is 0.0892. The van der Waals surface area contributed by atoms with Gasteiger partial charge in [0.05, 0.1) is 5.02 Å². The van der Waals surface area contributed by atoms with Crippen LogP contribution in [0.25, 0.3) is 16.6 Å². The number of fused-ring (bicyclic) bond motifs is 1. The van der Waals surface area contributed by atoms with Gasteiger partial charge in [0, 0.05) is 58.3 Å². The summed E-state index contributed by atoms with van der Waals surface area (Å²) in [5.74, 6) is -0.392. The van der Waals surface area contributed by atoms with Gasteiger partial charge in [-0.15, -0.1) is 0 Å². The van der Waals surface area contributed by atoms with Crippen LogP contribution in [0.3, 0.4) is 0 Å². The molecule has 172 valence electrons. The molecule has 7 nitrogen and oxygen atoms in total. The number of aromatic amines is 1. The normalized spacial score (nSPS) is 17.6. The lowest BCUT2D eigenvalue weighted by Crippen LogP contribution is -2.48. The number of aromatic nitrogens is 2. The molecule has 4 aromatic rings. The average Bonchev–Trinajstić information content (AvgIpc) is 3.45. The van der Waals surface area contributed by atoms with E-state index in [0.717, 1.165) is 30.2 Å². The van der Waals surface area contributed by atoms with Gasteiger partial charge in [-0.2, -0.15) is 0 Å². The first-order chi connectivity index (χ1) is 16.5. The number of halogens is 1. The third-order valence-corrected chi connectivity index (χ3v) is 6.59. The minimum absolute atomic E-state index is 0.136. The molecule has 2 heterocycles. The van der Waals surface area contributed by atoms with Crippen LogP contribution in [0, 0.1) is 0 Å². The van der Waals surface area contributed by atoms with Gasteiger partial charge < -0.3 is 15.6 Å². The largest absolute Gasteiger partial charge is 0.360 e. The molecular weight excluding hydrogens is 452 g/mol. The average molecular weight is 475 g/mol. The first-order valence-corrected chi connectivity index (χ1v) is 11.5. The zero-order valence-electron chi connectivity index (χ0n) is 18.3. The van der Waals surface area contributed by atoms with E-state index in [1.165, 1.54) is 10.6 Å². The maximum Gasteiger partial charge on any atom is 0.255 e. The van der Waals surface area contributed by atoms with Gasteiger partial charge in [0.2, 0.25) is 0 Å². The van der Waals surface area contributed by atoms with Gasteiger partial charge in [0.15, 0.2) is 0 Å². The van der Waals surface area contributed by atoms with E-state index < -0.39 is 0 Å². The molecule has 2 atom stereocenters. The van der Waals surface area contributed by atoms with E-state index in [1.54, 1.807) is 60.9 Å². The highest BCUT2D eigenvalue weighted by molar-refractivity contribution is 6.35.